The van der Waals surface area contributed by atoms with Crippen LogP contribution in [0.15, 0.2) is 72.8 Å². The van der Waals surface area contributed by atoms with Gasteiger partial charge in [0.15, 0.2) is 59.6 Å². The Balaban J connectivity index is 0.000000181. The second-order valence-corrected chi connectivity index (χ2v) is 31.5. The summed E-state index contributed by atoms with van der Waals surface area (Å²) < 4.78 is 73.4. The highest BCUT2D eigenvalue weighted by atomic mass is 28.4. The van der Waals surface area contributed by atoms with Crippen molar-refractivity contribution in [3.8, 4) is 69.6 Å². The lowest BCUT2D eigenvalue weighted by Crippen LogP contribution is -2.70. The molecule has 6 aromatic carbocycles. The molecule has 94 heavy (non-hydrogen) atoms. The van der Waals surface area contributed by atoms with E-state index >= 15 is 0 Å². The lowest BCUT2D eigenvalue weighted by molar-refractivity contribution is -0.0819. The molecular weight excluding hydrogens is 1210 g/mol. The van der Waals surface area contributed by atoms with Crippen LogP contribution < -0.4 is 53.0 Å². The van der Waals surface area contributed by atoms with Crippen molar-refractivity contribution < 1.29 is 61.6 Å². The lowest BCUT2D eigenvalue weighted by atomic mass is 9.71. The minimum atomic E-state index is -3.04. The maximum absolute atomic E-state index is 12.1. The van der Waals surface area contributed by atoms with E-state index in [1.165, 1.54) is 15.9 Å². The number of methoxy groups -OCH3 is 5. The second-order valence-electron chi connectivity index (χ2n) is 27.2. The molecule has 4 bridgehead atoms. The van der Waals surface area contributed by atoms with Crippen LogP contribution in [0.2, 0.25) is 5.04 Å². The molecule has 0 aromatic heterocycles. The van der Waals surface area contributed by atoms with E-state index in [1.807, 2.05) is 39.8 Å². The highest BCUT2D eigenvalue weighted by Crippen LogP contribution is 2.62. The fourth-order valence-corrected chi connectivity index (χ4v) is 22.5. The van der Waals surface area contributed by atoms with E-state index in [9.17, 15) is 15.6 Å². The maximum Gasteiger partial charge on any atom is 0.261 e. The van der Waals surface area contributed by atoms with E-state index in [0.717, 1.165) is 97.2 Å². The number of aromatic hydroxyl groups is 1. The third kappa shape index (κ3) is 9.86. The van der Waals surface area contributed by atoms with Crippen LogP contribution in [0.3, 0.4) is 0 Å². The highest BCUT2D eigenvalue weighted by Gasteiger charge is 2.60. The summed E-state index contributed by atoms with van der Waals surface area (Å²) in [4.78, 5) is 9.55. The first-order valence-corrected chi connectivity index (χ1v) is 34.6. The molecule has 20 heteroatoms. The van der Waals surface area contributed by atoms with Gasteiger partial charge in [-0.3, -0.25) is 19.6 Å². The number of piperazine rings is 2. The van der Waals surface area contributed by atoms with Crippen molar-refractivity contribution in [1.29, 1.82) is 10.5 Å². The summed E-state index contributed by atoms with van der Waals surface area (Å²) in [6, 6.07) is 29.2. The van der Waals surface area contributed by atoms with Crippen molar-refractivity contribution in [2.75, 3.05) is 83.4 Å². The van der Waals surface area contributed by atoms with Crippen LogP contribution in [0.4, 0.5) is 0 Å². The molecule has 0 amide bonds. The van der Waals surface area contributed by atoms with E-state index in [1.54, 1.807) is 35.5 Å². The van der Waals surface area contributed by atoms with Crippen molar-refractivity contribution in [3.63, 3.8) is 0 Å². The molecule has 2 fully saturated rings. The van der Waals surface area contributed by atoms with Crippen LogP contribution in [0.5, 0.6) is 57.5 Å². The first-order valence-electron chi connectivity index (χ1n) is 32.7. The molecule has 14 rings (SSSR count). The van der Waals surface area contributed by atoms with Crippen LogP contribution in [0.25, 0.3) is 0 Å². The molecule has 19 nitrogen and oxygen atoms in total. The van der Waals surface area contributed by atoms with Gasteiger partial charge in [-0.25, -0.2) is 0 Å². The van der Waals surface area contributed by atoms with Gasteiger partial charge in [-0.05, 0) is 112 Å². The molecule has 0 spiro atoms. The van der Waals surface area contributed by atoms with Gasteiger partial charge >= 0.3 is 0 Å². The van der Waals surface area contributed by atoms with Crippen molar-refractivity contribution in [1.82, 2.24) is 19.6 Å². The summed E-state index contributed by atoms with van der Waals surface area (Å²) in [7, 11) is 9.52. The molecule has 2 saturated heterocycles. The maximum atomic E-state index is 12.1. The molecule has 8 aliphatic heterocycles. The Morgan fingerprint density at radius 1 is 0.553 bits per heavy atom. The number of fused-ring (bicyclic) bond motifs is 18. The molecule has 0 radical (unpaired) electrons. The summed E-state index contributed by atoms with van der Waals surface area (Å²) in [6.07, 6.45) is 3.38. The Kier molecular flexibility index (Phi) is 17.6. The number of nitriles is 2. The molecule has 10 atom stereocenters. The van der Waals surface area contributed by atoms with Gasteiger partial charge in [0.1, 0.15) is 23.6 Å². The van der Waals surface area contributed by atoms with Crippen LogP contribution >= 0.6 is 0 Å². The van der Waals surface area contributed by atoms with E-state index in [0.29, 0.717) is 47.8 Å². The number of hydrogen-bond acceptors (Lipinski definition) is 19. The topological polar surface area (TPSA) is 192 Å². The molecule has 1 N–H and O–H groups in total. The SMILES string of the molecule is CC[C@H]1c2c(c(OC)c(C)c3c2OCO3)C[C@H]2[C@H]3c4c(cc(C)c(OC)c4OCOC)C[C@@H]([C@H](C#N)N12)N3C.COCOc1c(OC)c(C)cc2c1[C@@H]1[C@@H]3Cc4c(O)c(C)c5c(c4[C@H](CO[Si](c4ccccc4)(c4ccccc4)C(C)(C)C)N3[C@@H](C#N)[C@H](C2)N1C)OCO5. The predicted molar refractivity (Wildman–Crippen MR) is 356 cm³/mol. The Hall–Kier alpha value is -7.76. The number of nitrogens with zero attached hydrogens (tertiary/aromatic N) is 6. The molecule has 8 heterocycles. The summed E-state index contributed by atoms with van der Waals surface area (Å²) in [5, 5.41) is 36.1. The number of phenols is 1. The quantitative estimate of drug-likeness (QED) is 0.0753. The van der Waals surface area contributed by atoms with Crippen molar-refractivity contribution in [2.45, 2.75) is 153 Å². The Morgan fingerprint density at radius 2 is 0.989 bits per heavy atom. The van der Waals surface area contributed by atoms with Gasteiger partial charge in [0.05, 0.1) is 58.2 Å². The molecule has 0 saturated carbocycles. The molecule has 8 aliphatic rings. The van der Waals surface area contributed by atoms with Crippen molar-refractivity contribution >= 4 is 18.7 Å². The van der Waals surface area contributed by atoms with Crippen LogP contribution in [-0.4, -0.2) is 153 Å². The zero-order chi connectivity index (χ0) is 66.4. The van der Waals surface area contributed by atoms with Crippen LogP contribution in [-0.2, 0) is 39.6 Å². The predicted octanol–water partition coefficient (Wildman–Crippen LogP) is 10.3. The smallest absolute Gasteiger partial charge is 0.261 e. The molecule has 6 aromatic rings. The third-order valence-electron chi connectivity index (χ3n) is 21.6. The third-order valence-corrected chi connectivity index (χ3v) is 26.6. The van der Waals surface area contributed by atoms with Crippen LogP contribution in [0.1, 0.15) is 125 Å². The van der Waals surface area contributed by atoms with Gasteiger partial charge in [0, 0.05) is 88.9 Å². The molecular formula is C74H88N6O13Si. The lowest BCUT2D eigenvalue weighted by Gasteiger charge is -2.60. The number of benzene rings is 6. The standard InChI is InChI=1S/C44H51N3O7Si.C30H37N3O6/c1-26-19-28-20-32-34(22-45)47-33(38(46(32)6)36(28)42(40(26)50-8)51-24-49-7)21-31-37(43-41(52-25-53-43)27(2)39(31)48)35(47)23-54-55(44(3,4)5,29-15-11-9-12-16-29)30-17-13-10-14-18-30;1-8-19-24-18(27(36-7)16(3)28-30(24)39-14-38-28)11-21-25-23-17(10-20(32(25)4)22(12-31)33(19)21)9-15(2)26(35-6)29(23)37-13-34-5/h9-19,32-35,38,48H,20-21,23-25H2,1-8H3;9,19-22,25H,8,10-11,13-14H2,1-7H3/t32-,33-,34-,35-,38-;19-,20-,21-,22-,25-/m00/s1. The van der Waals surface area contributed by atoms with E-state index in [2.05, 4.69) is 134 Å². The number of likely N-dealkylation sites (N-methyl/N-ethyl adjacent to an activating group) is 2. The molecule has 0 aliphatic carbocycles. The van der Waals surface area contributed by atoms with Gasteiger partial charge in [0.25, 0.3) is 8.32 Å². The fraction of sp³-hybridized carbons (Fsp3) is 0.486. The molecule has 0 unspecified atom stereocenters. The minimum Gasteiger partial charge on any atom is -0.507 e. The van der Waals surface area contributed by atoms with Gasteiger partial charge in [0.2, 0.25) is 13.6 Å². The Bertz CT molecular complexity index is 3940. The summed E-state index contributed by atoms with van der Waals surface area (Å²) >= 11 is 0. The Labute approximate surface area is 553 Å². The van der Waals surface area contributed by atoms with Crippen molar-refractivity contribution in [3.05, 3.63) is 140 Å². The normalized spacial score (nSPS) is 24.6. The zero-order valence-electron chi connectivity index (χ0n) is 56.8. The van der Waals surface area contributed by atoms with E-state index in [-0.39, 0.29) is 92.9 Å². The number of rotatable bonds is 15. The largest absolute Gasteiger partial charge is 0.507 e. The van der Waals surface area contributed by atoms with Gasteiger partial charge in [-0.2, -0.15) is 10.5 Å². The minimum absolute atomic E-state index is 0.00150. The molecule has 496 valence electrons. The highest BCUT2D eigenvalue weighted by molar-refractivity contribution is 6.99. The zero-order valence-corrected chi connectivity index (χ0v) is 57.8. The summed E-state index contributed by atoms with van der Waals surface area (Å²) in [5.41, 5.74) is 11.9. The average Bonchev–Trinajstić information content (AvgIpc) is 0.883. The van der Waals surface area contributed by atoms with Crippen LogP contribution in [0, 0.1) is 50.4 Å². The number of ether oxygens (including phenoxy) is 11. The van der Waals surface area contributed by atoms with Gasteiger partial charge in [-0.15, -0.1) is 0 Å². The monoisotopic (exact) mass is 1300 g/mol. The van der Waals surface area contributed by atoms with Crippen molar-refractivity contribution in [2.24, 2.45) is 0 Å². The number of hydrogen-bond donors (Lipinski definition) is 1. The van der Waals surface area contributed by atoms with E-state index in [4.69, 9.17) is 56.5 Å². The van der Waals surface area contributed by atoms with Gasteiger partial charge < -0.3 is 61.6 Å². The summed E-state index contributed by atoms with van der Waals surface area (Å²) in [6.45, 7) is 17.7. The number of aryl methyl sites for hydroxylation is 2. The van der Waals surface area contributed by atoms with Gasteiger partial charge in [-0.1, -0.05) is 100 Å². The van der Waals surface area contributed by atoms with E-state index < -0.39 is 20.4 Å². The second kappa shape index (κ2) is 25.4. The first kappa shape index (κ1) is 64.9. The first-order chi connectivity index (χ1) is 45.4. The fourth-order valence-electron chi connectivity index (χ4n) is 18.0. The number of phenolic OH excluding ortho intramolecular Hbond substituents is 1. The average molecular weight is 1300 g/mol. The Morgan fingerprint density at radius 3 is 1.43 bits per heavy atom. The summed E-state index contributed by atoms with van der Waals surface area (Å²) in [5.74, 6) is 6.56.